The molecule has 0 aliphatic carbocycles. The molecule has 0 fully saturated rings. The van der Waals surface area contributed by atoms with Crippen molar-refractivity contribution in [1.29, 1.82) is 0 Å². The van der Waals surface area contributed by atoms with Gasteiger partial charge in [-0.2, -0.15) is 0 Å². The third-order valence-electron chi connectivity index (χ3n) is 3.26. The Balaban J connectivity index is 2.33. The lowest BCUT2D eigenvalue weighted by Gasteiger charge is -2.35. The van der Waals surface area contributed by atoms with Gasteiger partial charge in [-0.1, -0.05) is 25.1 Å². The summed E-state index contributed by atoms with van der Waals surface area (Å²) < 4.78 is 0. The summed E-state index contributed by atoms with van der Waals surface area (Å²) in [5, 5.41) is 0. The first-order chi connectivity index (χ1) is 7.74. The van der Waals surface area contributed by atoms with Gasteiger partial charge in [0, 0.05) is 18.2 Å². The van der Waals surface area contributed by atoms with Crippen molar-refractivity contribution in [3.05, 3.63) is 29.8 Å². The quantitative estimate of drug-likeness (QED) is 0.745. The van der Waals surface area contributed by atoms with Gasteiger partial charge in [0.2, 0.25) is 5.91 Å². The molecule has 86 valence electrons. The third kappa shape index (κ3) is 1.97. The topological polar surface area (TPSA) is 20.3 Å². The van der Waals surface area contributed by atoms with Crippen LogP contribution in [0.3, 0.4) is 0 Å². The minimum atomic E-state index is 0.266. The standard InChI is InChI=1S/C14H19NO/c1-3-6-14(16)15-11(2)9-10-12-7-4-5-8-13(12)15/h4-5,7-8,11H,3,6,9-10H2,1-2H3/t11-/m1/s1. The Hall–Kier alpha value is -1.31. The van der Waals surface area contributed by atoms with Crippen LogP contribution >= 0.6 is 0 Å². The second kappa shape index (κ2) is 4.69. The predicted molar refractivity (Wildman–Crippen MR) is 66.6 cm³/mol. The van der Waals surface area contributed by atoms with Crippen LogP contribution in [0.1, 0.15) is 38.7 Å². The zero-order valence-corrected chi connectivity index (χ0v) is 10.1. The molecule has 0 N–H and O–H groups in total. The van der Waals surface area contributed by atoms with E-state index in [0.29, 0.717) is 12.5 Å². The van der Waals surface area contributed by atoms with E-state index in [4.69, 9.17) is 0 Å². The second-order valence-electron chi connectivity index (χ2n) is 4.53. The summed E-state index contributed by atoms with van der Waals surface area (Å²) in [6, 6.07) is 8.61. The number of rotatable bonds is 2. The van der Waals surface area contributed by atoms with Crippen molar-refractivity contribution in [2.75, 3.05) is 4.90 Å². The molecule has 0 spiro atoms. The van der Waals surface area contributed by atoms with Crippen molar-refractivity contribution >= 4 is 11.6 Å². The first kappa shape index (κ1) is 11.2. The zero-order chi connectivity index (χ0) is 11.5. The number of carbonyl (C=O) groups is 1. The minimum Gasteiger partial charge on any atom is -0.309 e. The molecule has 2 heteroatoms. The van der Waals surface area contributed by atoms with Crippen LogP contribution in [0.15, 0.2) is 24.3 Å². The van der Waals surface area contributed by atoms with Gasteiger partial charge < -0.3 is 4.90 Å². The van der Waals surface area contributed by atoms with Gasteiger partial charge >= 0.3 is 0 Å². The molecule has 0 aromatic heterocycles. The largest absolute Gasteiger partial charge is 0.309 e. The molecule has 2 rings (SSSR count). The van der Waals surface area contributed by atoms with Gasteiger partial charge in [0.15, 0.2) is 0 Å². The molecule has 1 aliphatic heterocycles. The molecule has 0 saturated heterocycles. The highest BCUT2D eigenvalue weighted by Gasteiger charge is 2.26. The van der Waals surface area contributed by atoms with Gasteiger partial charge in [-0.3, -0.25) is 4.79 Å². The van der Waals surface area contributed by atoms with Crippen LogP contribution in [-0.2, 0) is 11.2 Å². The number of aryl methyl sites for hydroxylation is 1. The monoisotopic (exact) mass is 217 g/mol. The average Bonchev–Trinajstić information content (AvgIpc) is 2.29. The Morgan fingerprint density at radius 1 is 1.44 bits per heavy atom. The molecule has 1 heterocycles. The van der Waals surface area contributed by atoms with Crippen LogP contribution in [-0.4, -0.2) is 11.9 Å². The Kier molecular flexibility index (Phi) is 3.28. The van der Waals surface area contributed by atoms with Gasteiger partial charge in [0.05, 0.1) is 0 Å². The van der Waals surface area contributed by atoms with Crippen LogP contribution in [0.4, 0.5) is 5.69 Å². The van der Waals surface area contributed by atoms with Crippen molar-refractivity contribution in [3.8, 4) is 0 Å². The molecule has 0 saturated carbocycles. The highest BCUT2D eigenvalue weighted by Crippen LogP contribution is 2.30. The van der Waals surface area contributed by atoms with Gasteiger partial charge in [-0.25, -0.2) is 0 Å². The summed E-state index contributed by atoms with van der Waals surface area (Å²) in [4.78, 5) is 14.1. The van der Waals surface area contributed by atoms with Crippen LogP contribution in [0.25, 0.3) is 0 Å². The number of carbonyl (C=O) groups excluding carboxylic acids is 1. The zero-order valence-electron chi connectivity index (χ0n) is 10.1. The molecule has 1 aliphatic rings. The number of hydrogen-bond acceptors (Lipinski definition) is 1. The van der Waals surface area contributed by atoms with Gasteiger partial charge in [-0.05, 0) is 37.8 Å². The second-order valence-corrected chi connectivity index (χ2v) is 4.53. The predicted octanol–water partition coefficient (Wildman–Crippen LogP) is 3.15. The normalized spacial score (nSPS) is 19.4. The summed E-state index contributed by atoms with van der Waals surface area (Å²) in [5.74, 6) is 0.266. The van der Waals surface area contributed by atoms with E-state index in [1.807, 2.05) is 11.0 Å². The maximum atomic E-state index is 12.1. The number of fused-ring (bicyclic) bond motifs is 1. The van der Waals surface area contributed by atoms with Gasteiger partial charge in [0.1, 0.15) is 0 Å². The summed E-state index contributed by atoms with van der Waals surface area (Å²) in [5.41, 5.74) is 2.43. The van der Waals surface area contributed by atoms with Gasteiger partial charge in [-0.15, -0.1) is 0 Å². The van der Waals surface area contributed by atoms with Crippen LogP contribution < -0.4 is 4.90 Å². The molecule has 1 aromatic carbocycles. The molecular formula is C14H19NO. The maximum Gasteiger partial charge on any atom is 0.227 e. The highest BCUT2D eigenvalue weighted by atomic mass is 16.2. The fraction of sp³-hybridized carbons (Fsp3) is 0.500. The van der Waals surface area contributed by atoms with E-state index in [1.165, 1.54) is 5.56 Å². The van der Waals surface area contributed by atoms with E-state index >= 15 is 0 Å². The van der Waals surface area contributed by atoms with Crippen molar-refractivity contribution in [3.63, 3.8) is 0 Å². The SMILES string of the molecule is CCCC(=O)N1c2ccccc2CC[C@H]1C. The summed E-state index contributed by atoms with van der Waals surface area (Å²) in [7, 11) is 0. The van der Waals surface area contributed by atoms with E-state index in [9.17, 15) is 4.79 Å². The van der Waals surface area contributed by atoms with Crippen LogP contribution in [0.5, 0.6) is 0 Å². The molecule has 2 nitrogen and oxygen atoms in total. The Bertz CT molecular complexity index is 386. The Labute approximate surface area is 97.3 Å². The molecule has 1 amide bonds. The number of anilines is 1. The number of benzene rings is 1. The van der Waals surface area contributed by atoms with Crippen molar-refractivity contribution in [1.82, 2.24) is 0 Å². The van der Waals surface area contributed by atoms with Crippen molar-refractivity contribution < 1.29 is 4.79 Å². The highest BCUT2D eigenvalue weighted by molar-refractivity contribution is 5.95. The van der Waals surface area contributed by atoms with E-state index in [2.05, 4.69) is 32.0 Å². The first-order valence-electron chi connectivity index (χ1n) is 6.14. The molecular weight excluding hydrogens is 198 g/mol. The first-order valence-corrected chi connectivity index (χ1v) is 6.14. The lowest BCUT2D eigenvalue weighted by molar-refractivity contribution is -0.119. The van der Waals surface area contributed by atoms with E-state index in [1.54, 1.807) is 0 Å². The number of nitrogens with zero attached hydrogens (tertiary/aromatic N) is 1. The fourth-order valence-corrected chi connectivity index (χ4v) is 2.40. The van der Waals surface area contributed by atoms with E-state index in [-0.39, 0.29) is 5.91 Å². The molecule has 0 bridgehead atoms. The summed E-state index contributed by atoms with van der Waals surface area (Å²) in [6.07, 6.45) is 3.74. The molecule has 1 atom stereocenters. The maximum absolute atomic E-state index is 12.1. The van der Waals surface area contributed by atoms with E-state index in [0.717, 1.165) is 24.9 Å². The number of amides is 1. The fourth-order valence-electron chi connectivity index (χ4n) is 2.40. The molecule has 0 unspecified atom stereocenters. The Morgan fingerprint density at radius 3 is 2.94 bits per heavy atom. The van der Waals surface area contributed by atoms with Crippen LogP contribution in [0, 0.1) is 0 Å². The molecule has 16 heavy (non-hydrogen) atoms. The van der Waals surface area contributed by atoms with Crippen molar-refractivity contribution in [2.45, 2.75) is 45.6 Å². The summed E-state index contributed by atoms with van der Waals surface area (Å²) in [6.45, 7) is 4.20. The van der Waals surface area contributed by atoms with E-state index < -0.39 is 0 Å². The molecule has 0 radical (unpaired) electrons. The minimum absolute atomic E-state index is 0.266. The number of hydrogen-bond donors (Lipinski definition) is 0. The van der Waals surface area contributed by atoms with Crippen molar-refractivity contribution in [2.24, 2.45) is 0 Å². The lowest BCUT2D eigenvalue weighted by atomic mass is 9.96. The van der Waals surface area contributed by atoms with Crippen LogP contribution in [0.2, 0.25) is 0 Å². The smallest absolute Gasteiger partial charge is 0.227 e. The summed E-state index contributed by atoms with van der Waals surface area (Å²) >= 11 is 0. The lowest BCUT2D eigenvalue weighted by Crippen LogP contribution is -2.41. The average molecular weight is 217 g/mol. The van der Waals surface area contributed by atoms with Gasteiger partial charge in [0.25, 0.3) is 0 Å². The number of para-hydroxylation sites is 1. The Morgan fingerprint density at radius 2 is 2.19 bits per heavy atom. The third-order valence-corrected chi connectivity index (χ3v) is 3.26. The molecule has 1 aromatic rings.